The minimum Gasteiger partial charge on any atom is -0.376 e. The van der Waals surface area contributed by atoms with Crippen LogP contribution in [0.4, 0.5) is 5.69 Å². The third-order valence-corrected chi connectivity index (χ3v) is 3.51. The molecule has 0 radical (unpaired) electrons. The quantitative estimate of drug-likeness (QED) is 0.919. The topological polar surface area (TPSA) is 51.0 Å². The molecule has 1 saturated carbocycles. The van der Waals surface area contributed by atoms with Crippen molar-refractivity contribution in [2.24, 2.45) is 0 Å². The van der Waals surface area contributed by atoms with E-state index in [9.17, 15) is 0 Å². The van der Waals surface area contributed by atoms with Gasteiger partial charge in [-0.3, -0.25) is 0 Å². The van der Waals surface area contributed by atoms with Gasteiger partial charge in [-0.25, -0.2) is 0 Å². The van der Waals surface area contributed by atoms with Gasteiger partial charge in [0.25, 0.3) is 0 Å². The van der Waals surface area contributed by atoms with Crippen molar-refractivity contribution in [1.29, 1.82) is 0 Å². The number of aromatic nitrogens is 2. The monoisotopic (exact) mass is 263 g/mol. The van der Waals surface area contributed by atoms with Crippen LogP contribution in [0.5, 0.6) is 0 Å². The lowest BCUT2D eigenvalue weighted by Crippen LogP contribution is -2.04. The van der Waals surface area contributed by atoms with Crippen LogP contribution in [0.25, 0.3) is 0 Å². The molecule has 1 aliphatic carbocycles. The molecule has 1 fully saturated rings. The zero-order valence-corrected chi connectivity index (χ0v) is 10.9. The molecule has 5 heteroatoms. The molecule has 0 unspecified atom stereocenters. The molecule has 1 aliphatic rings. The summed E-state index contributed by atoms with van der Waals surface area (Å²) in [4.78, 5) is 4.41. The van der Waals surface area contributed by atoms with E-state index in [1.807, 2.05) is 24.3 Å². The summed E-state index contributed by atoms with van der Waals surface area (Å²) in [6, 6.07) is 7.55. The number of anilines is 1. The average molecular weight is 264 g/mol. The smallest absolute Gasteiger partial charge is 0.245 e. The molecule has 1 heterocycles. The molecular formula is C13H14ClN3O. The fourth-order valence-electron chi connectivity index (χ4n) is 1.76. The minimum atomic E-state index is 0.151. The first-order valence-corrected chi connectivity index (χ1v) is 6.36. The Morgan fingerprint density at radius 2 is 2.28 bits per heavy atom. The summed E-state index contributed by atoms with van der Waals surface area (Å²) in [7, 11) is 0. The van der Waals surface area contributed by atoms with Crippen LogP contribution in [0.1, 0.15) is 31.5 Å². The summed E-state index contributed by atoms with van der Waals surface area (Å²) in [6.07, 6.45) is 2.29. The number of nitrogens with one attached hydrogen (secondary N) is 1. The second-order valence-corrected chi connectivity index (χ2v) is 5.37. The van der Waals surface area contributed by atoms with Crippen molar-refractivity contribution in [3.63, 3.8) is 0 Å². The van der Waals surface area contributed by atoms with E-state index >= 15 is 0 Å². The predicted molar refractivity (Wildman–Crippen MR) is 69.7 cm³/mol. The standard InChI is InChI=1S/C13H14ClN3O/c1-13(5-6-13)12-16-11(18-17-12)8-15-10-4-2-3-9(14)7-10/h2-4,7,15H,5-6,8H2,1H3. The highest BCUT2D eigenvalue weighted by molar-refractivity contribution is 6.30. The van der Waals surface area contributed by atoms with Gasteiger partial charge in [-0.05, 0) is 31.0 Å². The van der Waals surface area contributed by atoms with Gasteiger partial charge in [0.2, 0.25) is 5.89 Å². The fraction of sp³-hybridized carbons (Fsp3) is 0.385. The predicted octanol–water partition coefficient (Wildman–Crippen LogP) is 3.39. The molecule has 0 bridgehead atoms. The third-order valence-electron chi connectivity index (χ3n) is 3.28. The Balaban J connectivity index is 1.65. The summed E-state index contributed by atoms with van der Waals surface area (Å²) in [5, 5.41) is 7.94. The van der Waals surface area contributed by atoms with E-state index in [0.29, 0.717) is 17.5 Å². The van der Waals surface area contributed by atoms with Crippen molar-refractivity contribution in [2.75, 3.05) is 5.32 Å². The van der Waals surface area contributed by atoms with Crippen LogP contribution in [0.15, 0.2) is 28.8 Å². The summed E-state index contributed by atoms with van der Waals surface area (Å²) in [6.45, 7) is 2.68. The Bertz CT molecular complexity index is 563. The lowest BCUT2D eigenvalue weighted by molar-refractivity contribution is 0.374. The van der Waals surface area contributed by atoms with Gasteiger partial charge in [-0.2, -0.15) is 4.98 Å². The third kappa shape index (κ3) is 2.34. The van der Waals surface area contributed by atoms with Crippen molar-refractivity contribution in [2.45, 2.75) is 31.7 Å². The van der Waals surface area contributed by atoms with Gasteiger partial charge < -0.3 is 9.84 Å². The molecule has 94 valence electrons. The Labute approximate surface area is 110 Å². The number of nitrogens with zero attached hydrogens (tertiary/aromatic N) is 2. The first-order valence-electron chi connectivity index (χ1n) is 5.98. The molecule has 0 atom stereocenters. The van der Waals surface area contributed by atoms with Crippen LogP contribution in [0.3, 0.4) is 0 Å². The van der Waals surface area contributed by atoms with Gasteiger partial charge in [0, 0.05) is 16.1 Å². The molecule has 4 nitrogen and oxygen atoms in total. The van der Waals surface area contributed by atoms with Crippen LogP contribution in [-0.2, 0) is 12.0 Å². The molecule has 18 heavy (non-hydrogen) atoms. The fourth-order valence-corrected chi connectivity index (χ4v) is 1.95. The van der Waals surface area contributed by atoms with E-state index in [1.165, 1.54) is 0 Å². The minimum absolute atomic E-state index is 0.151. The normalized spacial score (nSPS) is 16.6. The average Bonchev–Trinajstić information content (AvgIpc) is 2.93. The molecule has 0 amide bonds. The molecule has 2 aromatic rings. The molecule has 0 spiro atoms. The van der Waals surface area contributed by atoms with Crippen LogP contribution in [0, 0.1) is 0 Å². The van der Waals surface area contributed by atoms with E-state index in [1.54, 1.807) is 0 Å². The first-order chi connectivity index (χ1) is 8.66. The molecule has 3 rings (SSSR count). The van der Waals surface area contributed by atoms with Gasteiger partial charge in [-0.1, -0.05) is 29.7 Å². The van der Waals surface area contributed by atoms with E-state index in [2.05, 4.69) is 22.4 Å². The molecule has 0 aliphatic heterocycles. The number of rotatable bonds is 4. The zero-order chi connectivity index (χ0) is 12.6. The number of hydrogen-bond acceptors (Lipinski definition) is 4. The Morgan fingerprint density at radius 3 is 3.00 bits per heavy atom. The highest BCUT2D eigenvalue weighted by Gasteiger charge is 2.43. The zero-order valence-electron chi connectivity index (χ0n) is 10.1. The van der Waals surface area contributed by atoms with Crippen LogP contribution < -0.4 is 5.32 Å². The molecular weight excluding hydrogens is 250 g/mol. The van der Waals surface area contributed by atoms with Crippen molar-refractivity contribution in [1.82, 2.24) is 10.1 Å². The number of benzene rings is 1. The van der Waals surface area contributed by atoms with Gasteiger partial charge in [-0.15, -0.1) is 0 Å². The van der Waals surface area contributed by atoms with E-state index in [4.69, 9.17) is 16.1 Å². The van der Waals surface area contributed by atoms with E-state index in [-0.39, 0.29) is 5.41 Å². The summed E-state index contributed by atoms with van der Waals surface area (Å²) >= 11 is 5.91. The molecule has 1 aromatic heterocycles. The Hall–Kier alpha value is -1.55. The van der Waals surface area contributed by atoms with Crippen LogP contribution in [0.2, 0.25) is 5.02 Å². The van der Waals surface area contributed by atoms with Crippen molar-refractivity contribution < 1.29 is 4.52 Å². The SMILES string of the molecule is CC1(c2noc(CNc3cccc(Cl)c3)n2)CC1. The maximum Gasteiger partial charge on any atom is 0.245 e. The highest BCUT2D eigenvalue weighted by atomic mass is 35.5. The van der Waals surface area contributed by atoms with Gasteiger partial charge in [0.15, 0.2) is 5.82 Å². The molecule has 1 aromatic carbocycles. The van der Waals surface area contributed by atoms with Gasteiger partial charge >= 0.3 is 0 Å². The van der Waals surface area contributed by atoms with Gasteiger partial charge in [0.05, 0.1) is 6.54 Å². The lowest BCUT2D eigenvalue weighted by atomic mass is 10.1. The summed E-state index contributed by atoms with van der Waals surface area (Å²) in [5.74, 6) is 1.43. The van der Waals surface area contributed by atoms with Crippen molar-refractivity contribution in [3.8, 4) is 0 Å². The number of hydrogen-bond donors (Lipinski definition) is 1. The van der Waals surface area contributed by atoms with E-state index < -0.39 is 0 Å². The molecule has 0 saturated heterocycles. The second kappa shape index (κ2) is 4.28. The van der Waals surface area contributed by atoms with Crippen LogP contribution in [-0.4, -0.2) is 10.1 Å². The Morgan fingerprint density at radius 1 is 1.44 bits per heavy atom. The molecule has 1 N–H and O–H groups in total. The van der Waals surface area contributed by atoms with E-state index in [0.717, 1.165) is 24.4 Å². The highest BCUT2D eigenvalue weighted by Crippen LogP contribution is 2.45. The lowest BCUT2D eigenvalue weighted by Gasteiger charge is -2.03. The number of halogens is 1. The largest absolute Gasteiger partial charge is 0.376 e. The van der Waals surface area contributed by atoms with Crippen LogP contribution >= 0.6 is 11.6 Å². The Kier molecular flexibility index (Phi) is 2.74. The van der Waals surface area contributed by atoms with Gasteiger partial charge in [0.1, 0.15) is 0 Å². The second-order valence-electron chi connectivity index (χ2n) is 4.94. The van der Waals surface area contributed by atoms with Crippen molar-refractivity contribution >= 4 is 17.3 Å². The first kappa shape index (κ1) is 11.5. The summed E-state index contributed by atoms with van der Waals surface area (Å²) < 4.78 is 5.23. The maximum absolute atomic E-state index is 5.91. The van der Waals surface area contributed by atoms with Crippen molar-refractivity contribution in [3.05, 3.63) is 41.0 Å². The summed E-state index contributed by atoms with van der Waals surface area (Å²) in [5.41, 5.74) is 1.09. The maximum atomic E-state index is 5.91.